The molecule has 1 heterocycles. The van der Waals surface area contributed by atoms with Gasteiger partial charge in [0.15, 0.2) is 0 Å². The zero-order valence-corrected chi connectivity index (χ0v) is 16.5. The summed E-state index contributed by atoms with van der Waals surface area (Å²) in [6.07, 6.45) is -0.0290. The maximum Gasteiger partial charge on any atom is 0.352 e. The van der Waals surface area contributed by atoms with E-state index in [0.717, 1.165) is 5.56 Å². The Kier molecular flexibility index (Phi) is 6.35. The van der Waals surface area contributed by atoms with Crippen molar-refractivity contribution in [2.24, 2.45) is 5.10 Å². The van der Waals surface area contributed by atoms with Crippen molar-refractivity contribution in [3.8, 4) is 11.3 Å². The molecular formula is C18H13Cl2N4O3S+. The normalized spacial score (nSPS) is 11.3. The Morgan fingerprint density at radius 2 is 2.00 bits per heavy atom. The highest BCUT2D eigenvalue weighted by Crippen LogP contribution is 2.30. The Bertz CT molecular complexity index is 1070. The van der Waals surface area contributed by atoms with Gasteiger partial charge in [0.25, 0.3) is 5.69 Å². The van der Waals surface area contributed by atoms with Crippen LogP contribution in [0.5, 0.6) is 0 Å². The molecule has 0 amide bonds. The van der Waals surface area contributed by atoms with E-state index in [-0.39, 0.29) is 12.1 Å². The standard InChI is InChI=1S/C18H12Cl2N4O3S/c19-12-6-5-11(7-13(12)20)16-9-28-18(21-16)23-22-15(17(25)26)8-10-3-1-2-4-14(10)24-27/h1-7,9H,8H2,(H,21,23)(H,25,26)/p+1/b22-15+. The van der Waals surface area contributed by atoms with Crippen LogP contribution in [0, 0.1) is 4.91 Å². The van der Waals surface area contributed by atoms with Gasteiger partial charge < -0.3 is 5.11 Å². The maximum atomic E-state index is 11.5. The molecule has 3 rings (SSSR count). The second-order valence-electron chi connectivity index (χ2n) is 5.58. The van der Waals surface area contributed by atoms with E-state index in [0.29, 0.717) is 32.1 Å². The van der Waals surface area contributed by atoms with Crippen LogP contribution in [0.4, 0.5) is 10.8 Å². The summed E-state index contributed by atoms with van der Waals surface area (Å²) in [6, 6.07) is 11.8. The van der Waals surface area contributed by atoms with E-state index >= 15 is 0 Å². The summed E-state index contributed by atoms with van der Waals surface area (Å²) in [5, 5.41) is 18.2. The largest absolute Gasteiger partial charge is 0.477 e. The Labute approximate surface area is 173 Å². The van der Waals surface area contributed by atoms with E-state index in [2.05, 4.69) is 15.5 Å². The van der Waals surface area contributed by atoms with Crippen LogP contribution in [-0.4, -0.2) is 21.8 Å². The summed E-state index contributed by atoms with van der Waals surface area (Å²) in [5.41, 5.74) is 4.75. The summed E-state index contributed by atoms with van der Waals surface area (Å²) in [4.78, 5) is 26.9. The van der Waals surface area contributed by atoms with Crippen LogP contribution in [0.3, 0.4) is 0 Å². The van der Waals surface area contributed by atoms with E-state index in [1.807, 2.05) is 0 Å². The number of aromatic nitrogens is 1. The van der Waals surface area contributed by atoms with E-state index in [1.54, 1.807) is 53.0 Å². The number of thiazole rings is 1. The number of hydrogen-bond acceptors (Lipinski definition) is 6. The van der Waals surface area contributed by atoms with Gasteiger partial charge in [-0.1, -0.05) is 47.5 Å². The number of carboxylic acids is 1. The van der Waals surface area contributed by atoms with Crippen LogP contribution in [-0.2, 0) is 11.2 Å². The van der Waals surface area contributed by atoms with Crippen LogP contribution in [0.25, 0.3) is 11.3 Å². The van der Waals surface area contributed by atoms with Gasteiger partial charge in [-0.15, -0.1) is 11.3 Å². The molecule has 0 saturated heterocycles. The first-order chi connectivity index (χ1) is 13.5. The third-order valence-corrected chi connectivity index (χ3v) is 5.22. The summed E-state index contributed by atoms with van der Waals surface area (Å²) < 4.78 is 0. The van der Waals surface area contributed by atoms with Gasteiger partial charge in [0.2, 0.25) is 5.13 Å². The van der Waals surface area contributed by atoms with Crippen molar-refractivity contribution >= 4 is 57.0 Å². The molecular weight excluding hydrogens is 423 g/mol. The Morgan fingerprint density at radius 1 is 1.21 bits per heavy atom. The smallest absolute Gasteiger partial charge is 0.352 e. The fourth-order valence-electron chi connectivity index (χ4n) is 2.35. The summed E-state index contributed by atoms with van der Waals surface area (Å²) in [7, 11) is 0. The van der Waals surface area contributed by atoms with Crippen molar-refractivity contribution in [3.63, 3.8) is 0 Å². The molecule has 0 radical (unpaired) electrons. The molecule has 28 heavy (non-hydrogen) atoms. The first-order valence-corrected chi connectivity index (χ1v) is 9.54. The molecule has 0 aliphatic rings. The van der Waals surface area contributed by atoms with E-state index in [1.165, 1.54) is 11.3 Å². The second-order valence-corrected chi connectivity index (χ2v) is 7.25. The number of nitroso groups, excluding NO2 is 1. The number of rotatable bonds is 7. The molecule has 0 aliphatic heterocycles. The molecule has 0 unspecified atom stereocenters. The van der Waals surface area contributed by atoms with Gasteiger partial charge in [-0.05, 0) is 12.1 Å². The Hall–Kier alpha value is -2.81. The predicted molar refractivity (Wildman–Crippen MR) is 110 cm³/mol. The molecule has 0 saturated carbocycles. The van der Waals surface area contributed by atoms with Gasteiger partial charge in [-0.3, -0.25) is 5.43 Å². The number of carboxylic acid groups (broad SMARTS) is 1. The highest BCUT2D eigenvalue weighted by Gasteiger charge is 2.16. The molecule has 0 atom stereocenters. The zero-order chi connectivity index (χ0) is 20.1. The van der Waals surface area contributed by atoms with Crippen LogP contribution < -0.4 is 10.6 Å². The first-order valence-electron chi connectivity index (χ1n) is 7.91. The second kappa shape index (κ2) is 8.92. The van der Waals surface area contributed by atoms with Crippen molar-refractivity contribution in [3.05, 3.63) is 68.4 Å². The highest BCUT2D eigenvalue weighted by atomic mass is 35.5. The minimum atomic E-state index is -1.20. The average Bonchev–Trinajstić information content (AvgIpc) is 3.16. The maximum absolute atomic E-state index is 11.5. The molecule has 0 fully saturated rings. The molecule has 0 bridgehead atoms. The lowest BCUT2D eigenvalue weighted by atomic mass is 10.1. The van der Waals surface area contributed by atoms with E-state index in [4.69, 9.17) is 23.2 Å². The highest BCUT2D eigenvalue weighted by molar-refractivity contribution is 7.14. The number of hydrogen-bond donors (Lipinski definition) is 3. The Morgan fingerprint density at radius 3 is 2.71 bits per heavy atom. The summed E-state index contributed by atoms with van der Waals surface area (Å²) in [6.45, 7) is 0. The molecule has 7 nitrogen and oxygen atoms in total. The molecule has 10 heteroatoms. The fraction of sp³-hybridized carbons (Fsp3) is 0.0556. The third kappa shape index (κ3) is 4.72. The lowest BCUT2D eigenvalue weighted by Crippen LogP contribution is -2.56. The number of nitrogens with one attached hydrogen (secondary N) is 2. The number of para-hydroxylation sites is 1. The quantitative estimate of drug-likeness (QED) is 0.387. The number of carbonyl (C=O) groups is 1. The van der Waals surface area contributed by atoms with E-state index < -0.39 is 5.97 Å². The SMILES string of the molecule is O=[NH+]c1ccccc1C/C(=N\Nc1nc(-c2ccc(Cl)c(Cl)c2)cs1)C(=O)O. The minimum Gasteiger partial charge on any atom is -0.477 e. The molecule has 3 aromatic rings. The van der Waals surface area contributed by atoms with Gasteiger partial charge in [0.05, 0.1) is 15.7 Å². The van der Waals surface area contributed by atoms with Gasteiger partial charge >= 0.3 is 5.97 Å². The monoisotopic (exact) mass is 435 g/mol. The predicted octanol–water partition coefficient (Wildman–Crippen LogP) is 3.69. The van der Waals surface area contributed by atoms with Gasteiger partial charge in [0.1, 0.15) is 5.71 Å². The molecule has 1 aromatic heterocycles. The number of anilines is 1. The van der Waals surface area contributed by atoms with Crippen molar-refractivity contribution in [2.45, 2.75) is 6.42 Å². The lowest BCUT2D eigenvalue weighted by Gasteiger charge is -2.02. The summed E-state index contributed by atoms with van der Waals surface area (Å²) in [5.74, 6) is -1.20. The first kappa shape index (κ1) is 19.9. The number of benzene rings is 2. The number of hydrazone groups is 1. The van der Waals surface area contributed by atoms with Gasteiger partial charge in [-0.25, -0.2) is 9.78 Å². The van der Waals surface area contributed by atoms with Crippen LogP contribution in [0.1, 0.15) is 5.56 Å². The van der Waals surface area contributed by atoms with Crippen molar-refractivity contribution in [1.82, 2.24) is 4.98 Å². The van der Waals surface area contributed by atoms with Crippen molar-refractivity contribution < 1.29 is 15.1 Å². The van der Waals surface area contributed by atoms with Gasteiger partial charge in [0, 0.05) is 39.1 Å². The van der Waals surface area contributed by atoms with Crippen molar-refractivity contribution in [2.75, 3.05) is 5.43 Å². The van der Waals surface area contributed by atoms with Crippen LogP contribution in [0.2, 0.25) is 10.0 Å². The fourth-order valence-corrected chi connectivity index (χ4v) is 3.31. The molecule has 3 N–H and O–H groups in total. The lowest BCUT2D eigenvalue weighted by molar-refractivity contribution is -0.380. The molecule has 0 spiro atoms. The summed E-state index contributed by atoms with van der Waals surface area (Å²) >= 11 is 13.2. The molecule has 2 aromatic carbocycles. The number of nitrogens with zero attached hydrogens (tertiary/aromatic N) is 2. The minimum absolute atomic E-state index is 0.0290. The van der Waals surface area contributed by atoms with Crippen molar-refractivity contribution in [1.29, 1.82) is 0 Å². The zero-order valence-electron chi connectivity index (χ0n) is 14.1. The van der Waals surface area contributed by atoms with Crippen LogP contribution in [0.15, 0.2) is 52.9 Å². The number of aliphatic carboxylic acids is 1. The van der Waals surface area contributed by atoms with E-state index in [9.17, 15) is 14.8 Å². The Balaban J connectivity index is 1.78. The average molecular weight is 436 g/mol. The molecule has 0 aliphatic carbocycles. The van der Waals surface area contributed by atoms with Gasteiger partial charge in [-0.2, -0.15) is 5.10 Å². The topological polar surface area (TPSA) is 106 Å². The number of halogens is 2. The molecule has 142 valence electrons. The van der Waals surface area contributed by atoms with Crippen LogP contribution >= 0.6 is 34.5 Å². The third-order valence-electron chi connectivity index (χ3n) is 3.74.